The molecule has 0 aliphatic rings. The number of halogens is 2. The van der Waals surface area contributed by atoms with E-state index in [-0.39, 0.29) is 23.9 Å². The summed E-state index contributed by atoms with van der Waals surface area (Å²) in [5.41, 5.74) is -0.169. The Kier molecular flexibility index (Phi) is 4.92. The molecule has 8 heteroatoms. The summed E-state index contributed by atoms with van der Waals surface area (Å²) < 4.78 is 0.990. The third-order valence-electron chi connectivity index (χ3n) is 3.68. The van der Waals surface area contributed by atoms with Crippen molar-refractivity contribution in [3.63, 3.8) is 0 Å². The lowest BCUT2D eigenvalue weighted by Gasteiger charge is -2.09. The van der Waals surface area contributed by atoms with E-state index in [2.05, 4.69) is 10.4 Å². The topological polar surface area (TPSA) is 84.0 Å². The molecule has 0 aliphatic heterocycles. The van der Waals surface area contributed by atoms with Gasteiger partial charge in [0.1, 0.15) is 6.54 Å². The van der Waals surface area contributed by atoms with Crippen molar-refractivity contribution in [1.29, 1.82) is 0 Å². The molecule has 2 N–H and O–H groups in total. The van der Waals surface area contributed by atoms with Crippen molar-refractivity contribution in [2.45, 2.75) is 13.1 Å². The highest BCUT2D eigenvalue weighted by molar-refractivity contribution is 6.35. The second-order valence-electron chi connectivity index (χ2n) is 5.39. The molecule has 3 rings (SSSR count). The summed E-state index contributed by atoms with van der Waals surface area (Å²) in [5, 5.41) is 6.55. The first-order valence-corrected chi connectivity index (χ1v) is 8.14. The number of carbonyl (C=O) groups excluding carboxylic acids is 1. The summed E-state index contributed by atoms with van der Waals surface area (Å²) in [4.78, 5) is 36.5. The molecule has 0 saturated carbocycles. The molecule has 1 aromatic heterocycles. The third kappa shape index (κ3) is 3.75. The summed E-state index contributed by atoms with van der Waals surface area (Å²) in [6.45, 7) is -0.120. The smallest absolute Gasteiger partial charge is 0.273 e. The van der Waals surface area contributed by atoms with Crippen molar-refractivity contribution in [2.24, 2.45) is 0 Å². The van der Waals surface area contributed by atoms with E-state index in [0.717, 1.165) is 4.68 Å². The van der Waals surface area contributed by atoms with Crippen LogP contribution in [0.1, 0.15) is 5.56 Å². The van der Waals surface area contributed by atoms with Gasteiger partial charge in [-0.1, -0.05) is 41.4 Å². The van der Waals surface area contributed by atoms with E-state index >= 15 is 0 Å². The highest BCUT2D eigenvalue weighted by Gasteiger charge is 2.10. The zero-order valence-corrected chi connectivity index (χ0v) is 14.4. The van der Waals surface area contributed by atoms with Gasteiger partial charge in [0.25, 0.3) is 11.1 Å². The van der Waals surface area contributed by atoms with Crippen LogP contribution in [0.25, 0.3) is 10.8 Å². The molecule has 0 aliphatic carbocycles. The van der Waals surface area contributed by atoms with Crippen molar-refractivity contribution < 1.29 is 4.79 Å². The predicted octanol–water partition coefficient (Wildman–Crippen LogP) is 2.31. The minimum atomic E-state index is -0.435. The van der Waals surface area contributed by atoms with Crippen LogP contribution in [-0.2, 0) is 17.9 Å². The van der Waals surface area contributed by atoms with E-state index < -0.39 is 17.0 Å². The molecule has 0 spiro atoms. The second kappa shape index (κ2) is 7.13. The molecule has 128 valence electrons. The lowest BCUT2D eigenvalue weighted by atomic mass is 10.2. The first kappa shape index (κ1) is 17.3. The Labute approximate surface area is 152 Å². The van der Waals surface area contributed by atoms with E-state index in [1.807, 2.05) is 0 Å². The number of nitrogens with one attached hydrogen (secondary N) is 2. The van der Waals surface area contributed by atoms with Crippen LogP contribution in [0.3, 0.4) is 0 Å². The van der Waals surface area contributed by atoms with Crippen molar-refractivity contribution in [1.82, 2.24) is 15.1 Å². The van der Waals surface area contributed by atoms with Crippen LogP contribution in [0, 0.1) is 0 Å². The number of hydrogen-bond donors (Lipinski definition) is 2. The monoisotopic (exact) mass is 377 g/mol. The fourth-order valence-corrected chi connectivity index (χ4v) is 2.89. The maximum absolute atomic E-state index is 12.4. The van der Waals surface area contributed by atoms with Gasteiger partial charge in [0.15, 0.2) is 0 Å². The second-order valence-corrected chi connectivity index (χ2v) is 6.23. The zero-order chi connectivity index (χ0) is 18.0. The minimum absolute atomic E-state index is 0.182. The van der Waals surface area contributed by atoms with Crippen LogP contribution in [-0.4, -0.2) is 15.7 Å². The van der Waals surface area contributed by atoms with Crippen LogP contribution < -0.4 is 16.4 Å². The SMILES string of the molecule is O=C(Cn1[nH]c(=O)c2ccccc2c1=O)NCc1ccc(Cl)cc1Cl. The number of aromatic amines is 1. The molecular weight excluding hydrogens is 365 g/mol. The zero-order valence-electron chi connectivity index (χ0n) is 12.9. The van der Waals surface area contributed by atoms with E-state index in [4.69, 9.17) is 23.2 Å². The highest BCUT2D eigenvalue weighted by Crippen LogP contribution is 2.20. The third-order valence-corrected chi connectivity index (χ3v) is 4.26. The van der Waals surface area contributed by atoms with Gasteiger partial charge >= 0.3 is 0 Å². The first-order valence-electron chi connectivity index (χ1n) is 7.38. The fourth-order valence-electron chi connectivity index (χ4n) is 2.42. The van der Waals surface area contributed by atoms with E-state index in [1.54, 1.807) is 42.5 Å². The van der Waals surface area contributed by atoms with Crippen LogP contribution in [0.2, 0.25) is 10.0 Å². The molecule has 25 heavy (non-hydrogen) atoms. The maximum atomic E-state index is 12.4. The van der Waals surface area contributed by atoms with Gasteiger partial charge < -0.3 is 5.32 Å². The molecule has 0 atom stereocenters. The molecule has 1 amide bonds. The molecule has 6 nitrogen and oxygen atoms in total. The fraction of sp³-hybridized carbons (Fsp3) is 0.118. The maximum Gasteiger partial charge on any atom is 0.273 e. The predicted molar refractivity (Wildman–Crippen MR) is 97.1 cm³/mol. The minimum Gasteiger partial charge on any atom is -0.350 e. The lowest BCUT2D eigenvalue weighted by molar-refractivity contribution is -0.122. The van der Waals surface area contributed by atoms with Crippen LogP contribution >= 0.6 is 23.2 Å². The van der Waals surface area contributed by atoms with Gasteiger partial charge in [0, 0.05) is 16.6 Å². The Morgan fingerprint density at radius 2 is 1.80 bits per heavy atom. The molecule has 0 saturated heterocycles. The van der Waals surface area contributed by atoms with Gasteiger partial charge in [-0.15, -0.1) is 0 Å². The summed E-state index contributed by atoms with van der Waals surface area (Å²) in [6, 6.07) is 11.4. The van der Waals surface area contributed by atoms with E-state index in [1.165, 1.54) is 0 Å². The number of hydrogen-bond acceptors (Lipinski definition) is 3. The molecule has 2 aromatic carbocycles. The number of benzene rings is 2. The highest BCUT2D eigenvalue weighted by atomic mass is 35.5. The molecule has 3 aromatic rings. The van der Waals surface area contributed by atoms with Gasteiger partial charge in [0.2, 0.25) is 5.91 Å². The van der Waals surface area contributed by atoms with Crippen LogP contribution in [0.4, 0.5) is 0 Å². The van der Waals surface area contributed by atoms with E-state index in [0.29, 0.717) is 15.6 Å². The Balaban J connectivity index is 1.77. The number of fused-ring (bicyclic) bond motifs is 1. The Morgan fingerprint density at radius 3 is 2.52 bits per heavy atom. The normalized spacial score (nSPS) is 10.8. The Morgan fingerprint density at radius 1 is 1.08 bits per heavy atom. The average molecular weight is 378 g/mol. The number of amides is 1. The summed E-state index contributed by atoms with van der Waals surface area (Å²) in [5.74, 6) is -0.431. The standard InChI is InChI=1S/C17H13Cl2N3O3/c18-11-6-5-10(14(19)7-11)8-20-15(23)9-22-17(25)13-4-2-1-3-12(13)16(24)21-22/h1-7H,8-9H2,(H,20,23)(H,21,24). The Hall–Kier alpha value is -2.57. The van der Waals surface area contributed by atoms with Crippen LogP contribution in [0.15, 0.2) is 52.1 Å². The lowest BCUT2D eigenvalue weighted by Crippen LogP contribution is -2.36. The molecule has 0 radical (unpaired) electrons. The first-order chi connectivity index (χ1) is 12.0. The molecule has 0 fully saturated rings. The average Bonchev–Trinajstić information content (AvgIpc) is 2.59. The Bertz CT molecular complexity index is 1070. The number of rotatable bonds is 4. The van der Waals surface area contributed by atoms with E-state index in [9.17, 15) is 14.4 Å². The quantitative estimate of drug-likeness (QED) is 0.731. The summed E-state index contributed by atoms with van der Waals surface area (Å²) in [6.07, 6.45) is 0. The largest absolute Gasteiger partial charge is 0.350 e. The summed E-state index contributed by atoms with van der Waals surface area (Å²) >= 11 is 11.9. The number of nitrogens with zero attached hydrogens (tertiary/aromatic N) is 1. The number of carbonyl (C=O) groups is 1. The van der Waals surface area contributed by atoms with Gasteiger partial charge in [-0.3, -0.25) is 19.5 Å². The van der Waals surface area contributed by atoms with Crippen molar-refractivity contribution in [3.8, 4) is 0 Å². The molecule has 0 unspecified atom stereocenters. The van der Waals surface area contributed by atoms with Gasteiger partial charge in [-0.25, -0.2) is 4.68 Å². The summed E-state index contributed by atoms with van der Waals surface area (Å²) in [7, 11) is 0. The van der Waals surface area contributed by atoms with Crippen LogP contribution in [0.5, 0.6) is 0 Å². The van der Waals surface area contributed by atoms with Gasteiger partial charge in [0.05, 0.1) is 10.8 Å². The molecule has 0 bridgehead atoms. The molecular formula is C17H13Cl2N3O3. The van der Waals surface area contributed by atoms with Gasteiger partial charge in [-0.05, 0) is 29.8 Å². The molecule has 1 heterocycles. The van der Waals surface area contributed by atoms with Crippen molar-refractivity contribution in [2.75, 3.05) is 0 Å². The number of H-pyrrole nitrogens is 1. The van der Waals surface area contributed by atoms with Crippen molar-refractivity contribution >= 4 is 39.9 Å². The number of aromatic nitrogens is 2. The van der Waals surface area contributed by atoms with Crippen molar-refractivity contribution in [3.05, 3.63) is 78.8 Å². The van der Waals surface area contributed by atoms with Gasteiger partial charge in [-0.2, -0.15) is 0 Å².